The van der Waals surface area contributed by atoms with Crippen molar-refractivity contribution in [2.45, 2.75) is 12.8 Å². The molecular weight excluding hydrogens is 312 g/mol. The molecule has 0 radical (unpaired) electrons. The molecule has 1 saturated carbocycles. The van der Waals surface area contributed by atoms with Crippen LogP contribution in [0.15, 0.2) is 97.1 Å². The predicted molar refractivity (Wildman–Crippen MR) is 111 cm³/mol. The maximum atomic E-state index is 2.44. The van der Waals surface area contributed by atoms with Crippen LogP contribution in [0.4, 0.5) is 0 Å². The highest BCUT2D eigenvalue weighted by molar-refractivity contribution is 5.91. The minimum Gasteiger partial charge on any atom is -0.0805 e. The topological polar surface area (TPSA) is 0 Å². The first kappa shape index (κ1) is 15.4. The smallest absolute Gasteiger partial charge is 0.00992 e. The predicted octanol–water partition coefficient (Wildman–Crippen LogP) is 7.00. The van der Waals surface area contributed by atoms with E-state index in [9.17, 15) is 0 Å². The van der Waals surface area contributed by atoms with Crippen molar-refractivity contribution < 1.29 is 0 Å². The maximum Gasteiger partial charge on any atom is -0.00992 e. The summed E-state index contributed by atoms with van der Waals surface area (Å²) in [5.74, 6) is 1.69. The van der Waals surface area contributed by atoms with Crippen LogP contribution in [-0.2, 0) is 0 Å². The Kier molecular flexibility index (Phi) is 3.83. The zero-order chi connectivity index (χ0) is 17.3. The number of benzene rings is 3. The Hall–Kier alpha value is -2.86. The van der Waals surface area contributed by atoms with Gasteiger partial charge in [0.25, 0.3) is 0 Å². The van der Waals surface area contributed by atoms with Crippen molar-refractivity contribution in [1.29, 1.82) is 0 Å². The first-order valence-electron chi connectivity index (χ1n) is 9.53. The van der Waals surface area contributed by atoms with E-state index in [1.165, 1.54) is 46.2 Å². The lowest BCUT2D eigenvalue weighted by atomic mass is 9.89. The molecule has 0 heterocycles. The van der Waals surface area contributed by atoms with Gasteiger partial charge in [0.05, 0.1) is 0 Å². The SMILES string of the molecule is C1=CC2CC2CC=C1c1ccccc1-c1ccccc1-c1ccccc1. The van der Waals surface area contributed by atoms with Crippen LogP contribution in [0.2, 0.25) is 0 Å². The van der Waals surface area contributed by atoms with Gasteiger partial charge in [0.1, 0.15) is 0 Å². The Morgan fingerprint density at radius 1 is 0.615 bits per heavy atom. The first-order valence-corrected chi connectivity index (χ1v) is 9.53. The Morgan fingerprint density at radius 3 is 2.00 bits per heavy atom. The number of hydrogen-bond donors (Lipinski definition) is 0. The number of rotatable bonds is 3. The van der Waals surface area contributed by atoms with E-state index in [-0.39, 0.29) is 0 Å². The summed E-state index contributed by atoms with van der Waals surface area (Å²) in [6.07, 6.45) is 9.80. The van der Waals surface area contributed by atoms with Gasteiger partial charge in [0.15, 0.2) is 0 Å². The van der Waals surface area contributed by atoms with Crippen LogP contribution in [0, 0.1) is 11.8 Å². The molecule has 126 valence electrons. The van der Waals surface area contributed by atoms with Crippen LogP contribution in [0.5, 0.6) is 0 Å². The second-order valence-corrected chi connectivity index (χ2v) is 7.37. The van der Waals surface area contributed by atoms with E-state index >= 15 is 0 Å². The molecule has 2 unspecified atom stereocenters. The van der Waals surface area contributed by atoms with Crippen LogP contribution in [0.1, 0.15) is 18.4 Å². The summed E-state index contributed by atoms with van der Waals surface area (Å²) in [5, 5.41) is 0. The van der Waals surface area contributed by atoms with Crippen molar-refractivity contribution in [1.82, 2.24) is 0 Å². The maximum absolute atomic E-state index is 2.44. The summed E-state index contributed by atoms with van der Waals surface area (Å²) in [6, 6.07) is 28.3. The van der Waals surface area contributed by atoms with E-state index in [1.54, 1.807) is 0 Å². The second-order valence-electron chi connectivity index (χ2n) is 7.37. The van der Waals surface area contributed by atoms with E-state index in [1.807, 2.05) is 0 Å². The van der Waals surface area contributed by atoms with E-state index in [4.69, 9.17) is 0 Å². The lowest BCUT2D eigenvalue weighted by Gasteiger charge is -2.15. The Balaban J connectivity index is 1.65. The lowest BCUT2D eigenvalue weighted by molar-refractivity contribution is 0.813. The van der Waals surface area contributed by atoms with Gasteiger partial charge in [0, 0.05) is 0 Å². The fraction of sp³-hybridized carbons (Fsp3) is 0.154. The van der Waals surface area contributed by atoms with Gasteiger partial charge in [-0.05, 0) is 58.1 Å². The Labute approximate surface area is 155 Å². The van der Waals surface area contributed by atoms with Gasteiger partial charge in [-0.3, -0.25) is 0 Å². The minimum absolute atomic E-state index is 0.813. The van der Waals surface area contributed by atoms with E-state index in [2.05, 4.69) is 97.1 Å². The molecule has 26 heavy (non-hydrogen) atoms. The molecule has 2 aliphatic carbocycles. The number of fused-ring (bicyclic) bond motifs is 1. The highest BCUT2D eigenvalue weighted by atomic mass is 14.4. The normalized spacial score (nSPS) is 20.8. The quantitative estimate of drug-likeness (QED) is 0.484. The third kappa shape index (κ3) is 2.82. The molecular formula is C26H22. The van der Waals surface area contributed by atoms with Gasteiger partial charge < -0.3 is 0 Å². The van der Waals surface area contributed by atoms with Gasteiger partial charge in [-0.15, -0.1) is 0 Å². The molecule has 0 bridgehead atoms. The molecule has 0 amide bonds. The molecule has 5 rings (SSSR count). The van der Waals surface area contributed by atoms with Crippen LogP contribution in [0.25, 0.3) is 27.8 Å². The van der Waals surface area contributed by atoms with Crippen LogP contribution >= 0.6 is 0 Å². The molecule has 3 aromatic carbocycles. The molecule has 0 heteroatoms. The second kappa shape index (κ2) is 6.46. The third-order valence-electron chi connectivity index (χ3n) is 5.68. The Bertz CT molecular complexity index is 991. The minimum atomic E-state index is 0.813. The molecule has 0 N–H and O–H groups in total. The molecule has 0 saturated heterocycles. The summed E-state index contributed by atoms with van der Waals surface area (Å²) in [4.78, 5) is 0. The highest BCUT2D eigenvalue weighted by Gasteiger charge is 2.34. The average Bonchev–Trinajstić information content (AvgIpc) is 3.48. The van der Waals surface area contributed by atoms with Gasteiger partial charge in [-0.2, -0.15) is 0 Å². The van der Waals surface area contributed by atoms with Crippen molar-refractivity contribution >= 4 is 5.57 Å². The monoisotopic (exact) mass is 334 g/mol. The fourth-order valence-electron chi connectivity index (χ4n) is 4.11. The van der Waals surface area contributed by atoms with Crippen molar-refractivity contribution in [2.75, 3.05) is 0 Å². The summed E-state index contributed by atoms with van der Waals surface area (Å²) in [5.41, 5.74) is 7.90. The highest BCUT2D eigenvalue weighted by Crippen LogP contribution is 2.46. The summed E-state index contributed by atoms with van der Waals surface area (Å²) in [6.45, 7) is 0. The molecule has 3 aromatic rings. The largest absolute Gasteiger partial charge is 0.0805 e. The summed E-state index contributed by atoms with van der Waals surface area (Å²) >= 11 is 0. The molecule has 2 aliphatic rings. The molecule has 0 nitrogen and oxygen atoms in total. The van der Waals surface area contributed by atoms with E-state index < -0.39 is 0 Å². The van der Waals surface area contributed by atoms with Gasteiger partial charge >= 0.3 is 0 Å². The number of allylic oxidation sites excluding steroid dienone is 4. The zero-order valence-electron chi connectivity index (χ0n) is 14.8. The van der Waals surface area contributed by atoms with Crippen molar-refractivity contribution in [3.05, 3.63) is 103 Å². The van der Waals surface area contributed by atoms with Gasteiger partial charge in [-0.25, -0.2) is 0 Å². The summed E-state index contributed by atoms with van der Waals surface area (Å²) < 4.78 is 0. The van der Waals surface area contributed by atoms with Crippen LogP contribution in [-0.4, -0.2) is 0 Å². The molecule has 1 fully saturated rings. The van der Waals surface area contributed by atoms with Crippen molar-refractivity contribution in [3.63, 3.8) is 0 Å². The van der Waals surface area contributed by atoms with Crippen molar-refractivity contribution in [3.8, 4) is 22.3 Å². The molecule has 0 aliphatic heterocycles. The third-order valence-corrected chi connectivity index (χ3v) is 5.68. The van der Waals surface area contributed by atoms with E-state index in [0.717, 1.165) is 11.8 Å². The van der Waals surface area contributed by atoms with Gasteiger partial charge in [0.2, 0.25) is 0 Å². The first-order chi connectivity index (χ1) is 12.9. The Morgan fingerprint density at radius 2 is 1.23 bits per heavy atom. The average molecular weight is 334 g/mol. The summed E-state index contributed by atoms with van der Waals surface area (Å²) in [7, 11) is 0. The fourth-order valence-corrected chi connectivity index (χ4v) is 4.11. The van der Waals surface area contributed by atoms with Crippen LogP contribution in [0.3, 0.4) is 0 Å². The number of hydrogen-bond acceptors (Lipinski definition) is 0. The van der Waals surface area contributed by atoms with Gasteiger partial charge in [-0.1, -0.05) is 97.1 Å². The van der Waals surface area contributed by atoms with Crippen molar-refractivity contribution in [2.24, 2.45) is 11.8 Å². The molecule has 2 atom stereocenters. The van der Waals surface area contributed by atoms with E-state index in [0.29, 0.717) is 0 Å². The molecule has 0 aromatic heterocycles. The lowest BCUT2D eigenvalue weighted by Crippen LogP contribution is -1.91. The van der Waals surface area contributed by atoms with Crippen LogP contribution < -0.4 is 0 Å². The zero-order valence-corrected chi connectivity index (χ0v) is 14.8. The molecule has 0 spiro atoms. The standard InChI is InChI=1S/C26H22/c1-2-8-19(9-3-1)23-10-4-6-12-25(23)26-13-7-5-11-24(26)20-14-16-21-18-22(21)17-15-20/h1-16,21-22H,17-18H2.